The molecule has 0 aliphatic carbocycles. The van der Waals surface area contributed by atoms with Crippen LogP contribution >= 0.6 is 0 Å². The molecule has 180 valence electrons. The van der Waals surface area contributed by atoms with E-state index in [0.717, 1.165) is 16.7 Å². The summed E-state index contributed by atoms with van der Waals surface area (Å²) in [7, 11) is -7.89. The average molecular weight is 557 g/mol. The van der Waals surface area contributed by atoms with Crippen molar-refractivity contribution in [3.8, 4) is 17.0 Å². The molecule has 1 aromatic carbocycles. The maximum atomic E-state index is 13.4. The Kier molecular flexibility index (Phi) is 8.70. The van der Waals surface area contributed by atoms with Crippen LogP contribution < -0.4 is 21.5 Å². The maximum Gasteiger partial charge on any atom is 0.277 e. The van der Waals surface area contributed by atoms with Crippen molar-refractivity contribution in [1.29, 1.82) is 0 Å². The predicted molar refractivity (Wildman–Crippen MR) is 125 cm³/mol. The summed E-state index contributed by atoms with van der Waals surface area (Å²) in [6.45, 7) is 9.24. The van der Waals surface area contributed by atoms with Crippen LogP contribution in [0, 0.1) is 20.8 Å². The number of rotatable bonds is 8. The van der Waals surface area contributed by atoms with Crippen LogP contribution in [-0.2, 0) is 19.7 Å². The molecule has 0 saturated carbocycles. The Hall–Kier alpha value is -1.97. The molecule has 3 rings (SSSR count). The molecule has 33 heavy (non-hydrogen) atoms. The second-order valence-corrected chi connectivity index (χ2v) is 12.2. The molecule has 0 N–H and O–H groups in total. The lowest BCUT2D eigenvalue weighted by Gasteiger charge is -2.06. The van der Waals surface area contributed by atoms with Crippen LogP contribution in [0.3, 0.4) is 0 Å². The zero-order chi connectivity index (χ0) is 23.7. The SMILES string of the molecule is CCCS(=O)(=O)c1oc(-c2ccc(C)cc2C)c(-[n+]2cccc(C)c2)c1S(=O)(=O)CCC.[Br-]. The van der Waals surface area contributed by atoms with Gasteiger partial charge in [0.1, 0.15) is 0 Å². The fraction of sp³-hybridized carbons (Fsp3) is 0.375. The minimum absolute atomic E-state index is 0. The number of benzene rings is 1. The van der Waals surface area contributed by atoms with Gasteiger partial charge in [0.2, 0.25) is 20.7 Å². The zero-order valence-electron chi connectivity index (χ0n) is 19.6. The lowest BCUT2D eigenvalue weighted by molar-refractivity contribution is -0.598. The van der Waals surface area contributed by atoms with Gasteiger partial charge in [-0.1, -0.05) is 37.6 Å². The first-order valence-electron chi connectivity index (χ1n) is 10.7. The Bertz CT molecular complexity index is 1360. The monoisotopic (exact) mass is 555 g/mol. The number of sulfone groups is 2. The zero-order valence-corrected chi connectivity index (χ0v) is 22.8. The van der Waals surface area contributed by atoms with Gasteiger partial charge < -0.3 is 21.4 Å². The predicted octanol–water partition coefficient (Wildman–Crippen LogP) is 1.52. The molecule has 0 radical (unpaired) electrons. The van der Waals surface area contributed by atoms with Gasteiger partial charge in [-0.05, 0) is 45.2 Å². The van der Waals surface area contributed by atoms with Crippen LogP contribution in [0.25, 0.3) is 17.0 Å². The summed E-state index contributed by atoms with van der Waals surface area (Å²) < 4.78 is 60.9. The van der Waals surface area contributed by atoms with Crippen molar-refractivity contribution >= 4 is 19.7 Å². The normalized spacial score (nSPS) is 11.9. The van der Waals surface area contributed by atoms with Crippen molar-refractivity contribution in [3.05, 3.63) is 59.4 Å². The Labute approximate surface area is 207 Å². The Balaban J connectivity index is 0.00000385. The molecule has 9 heteroatoms. The standard InChI is InChI=1S/C24H30NO5S2.BrH/c1-6-13-31(26,27)23-21(25-12-8-9-18(4)16-25)22(20-11-10-17(3)15-19(20)5)30-24(23)32(28,29)14-7-2;/h8-12,15-16H,6-7,13-14H2,1-5H3;1H/q+1;/p-1. The number of furan rings is 1. The number of aryl methyl sites for hydroxylation is 3. The van der Waals surface area contributed by atoms with E-state index in [0.29, 0.717) is 18.4 Å². The molecule has 0 amide bonds. The molecule has 2 heterocycles. The lowest BCUT2D eigenvalue weighted by Crippen LogP contribution is -3.00. The third-order valence-corrected chi connectivity index (χ3v) is 9.06. The Morgan fingerprint density at radius 2 is 1.52 bits per heavy atom. The highest BCUT2D eigenvalue weighted by molar-refractivity contribution is 7.94. The molecular weight excluding hydrogens is 526 g/mol. The van der Waals surface area contributed by atoms with Gasteiger partial charge in [-0.3, -0.25) is 0 Å². The van der Waals surface area contributed by atoms with Crippen LogP contribution in [0.5, 0.6) is 0 Å². The van der Waals surface area contributed by atoms with E-state index in [4.69, 9.17) is 4.42 Å². The summed E-state index contributed by atoms with van der Waals surface area (Å²) in [6, 6.07) is 9.39. The molecule has 2 aromatic heterocycles. The van der Waals surface area contributed by atoms with Crippen LogP contribution in [0.2, 0.25) is 0 Å². The summed E-state index contributed by atoms with van der Waals surface area (Å²) in [5.41, 5.74) is 3.71. The van der Waals surface area contributed by atoms with E-state index >= 15 is 0 Å². The highest BCUT2D eigenvalue weighted by Gasteiger charge is 2.41. The van der Waals surface area contributed by atoms with E-state index in [-0.39, 0.29) is 44.8 Å². The van der Waals surface area contributed by atoms with E-state index in [1.165, 1.54) is 0 Å². The first kappa shape index (κ1) is 27.3. The largest absolute Gasteiger partial charge is 1.00 e. The first-order chi connectivity index (χ1) is 15.0. The van der Waals surface area contributed by atoms with Gasteiger partial charge in [-0.15, -0.1) is 0 Å². The van der Waals surface area contributed by atoms with Crippen molar-refractivity contribution in [2.24, 2.45) is 0 Å². The molecule has 0 atom stereocenters. The number of hydrogen-bond donors (Lipinski definition) is 0. The van der Waals surface area contributed by atoms with E-state index < -0.39 is 24.8 Å². The van der Waals surface area contributed by atoms with Gasteiger partial charge in [0.05, 0.1) is 11.5 Å². The third kappa shape index (κ3) is 5.58. The molecule has 0 unspecified atom stereocenters. The van der Waals surface area contributed by atoms with Crippen LogP contribution in [0.1, 0.15) is 43.4 Å². The van der Waals surface area contributed by atoms with Crippen LogP contribution in [0.15, 0.2) is 57.1 Å². The molecular formula is C24H30BrNO5S2. The highest BCUT2D eigenvalue weighted by Crippen LogP contribution is 2.40. The number of pyridine rings is 1. The number of aromatic nitrogens is 1. The lowest BCUT2D eigenvalue weighted by atomic mass is 10.0. The summed E-state index contributed by atoms with van der Waals surface area (Å²) >= 11 is 0. The minimum Gasteiger partial charge on any atom is -1.00 e. The topological polar surface area (TPSA) is 85.3 Å². The summed E-state index contributed by atoms with van der Waals surface area (Å²) in [4.78, 5) is -0.252. The van der Waals surface area contributed by atoms with Gasteiger partial charge >= 0.3 is 0 Å². The third-order valence-electron chi connectivity index (χ3n) is 5.18. The van der Waals surface area contributed by atoms with Gasteiger partial charge in [0.15, 0.2) is 27.1 Å². The molecule has 0 aliphatic rings. The highest BCUT2D eigenvalue weighted by atomic mass is 79.9. The summed E-state index contributed by atoms with van der Waals surface area (Å²) in [6.07, 6.45) is 4.20. The van der Waals surface area contributed by atoms with Crippen molar-refractivity contribution in [1.82, 2.24) is 0 Å². The smallest absolute Gasteiger partial charge is 0.277 e. The summed E-state index contributed by atoms with van der Waals surface area (Å²) in [5.74, 6) is -0.130. The molecule has 0 fully saturated rings. The van der Waals surface area contributed by atoms with E-state index in [2.05, 4.69) is 0 Å². The molecule has 6 nitrogen and oxygen atoms in total. The average Bonchev–Trinajstić information content (AvgIpc) is 3.10. The molecule has 3 aromatic rings. The number of nitrogens with zero attached hydrogens (tertiary/aromatic N) is 1. The van der Waals surface area contributed by atoms with Crippen molar-refractivity contribution in [3.63, 3.8) is 0 Å². The molecule has 0 spiro atoms. The van der Waals surface area contributed by atoms with Crippen LogP contribution in [0.4, 0.5) is 0 Å². The van der Waals surface area contributed by atoms with Gasteiger partial charge in [0.25, 0.3) is 5.69 Å². The molecule has 0 bridgehead atoms. The second kappa shape index (κ2) is 10.5. The van der Waals surface area contributed by atoms with E-state index in [1.54, 1.807) is 36.9 Å². The fourth-order valence-corrected chi connectivity index (χ4v) is 7.42. The van der Waals surface area contributed by atoms with E-state index in [1.807, 2.05) is 45.0 Å². The van der Waals surface area contributed by atoms with Crippen LogP contribution in [-0.4, -0.2) is 28.3 Å². The minimum atomic E-state index is -3.95. The van der Waals surface area contributed by atoms with Crippen molar-refractivity contribution < 1.29 is 42.8 Å². The molecule has 0 aliphatic heterocycles. The summed E-state index contributed by atoms with van der Waals surface area (Å²) in [5, 5.41) is -0.466. The molecule has 0 saturated heterocycles. The first-order valence-corrected chi connectivity index (χ1v) is 14.0. The van der Waals surface area contributed by atoms with Gasteiger partial charge in [-0.25, -0.2) is 16.8 Å². The number of halogens is 1. The van der Waals surface area contributed by atoms with Crippen molar-refractivity contribution in [2.45, 2.75) is 57.4 Å². The quantitative estimate of drug-likeness (QED) is 0.393. The second-order valence-electron chi connectivity index (χ2n) is 8.14. The number of hydrogen-bond acceptors (Lipinski definition) is 5. The van der Waals surface area contributed by atoms with E-state index in [9.17, 15) is 16.8 Å². The van der Waals surface area contributed by atoms with Gasteiger partial charge in [-0.2, -0.15) is 4.57 Å². The van der Waals surface area contributed by atoms with Gasteiger partial charge in [0, 0.05) is 17.2 Å². The van der Waals surface area contributed by atoms with Crippen molar-refractivity contribution in [2.75, 3.05) is 11.5 Å². The Morgan fingerprint density at radius 1 is 0.879 bits per heavy atom. The Morgan fingerprint density at radius 3 is 2.09 bits per heavy atom. The maximum absolute atomic E-state index is 13.4. The fourth-order valence-electron chi connectivity index (χ4n) is 3.82.